The van der Waals surface area contributed by atoms with Gasteiger partial charge in [-0.15, -0.1) is 0 Å². The van der Waals surface area contributed by atoms with E-state index in [0.717, 1.165) is 17.7 Å². The number of hydrogen-bond acceptors (Lipinski definition) is 4. The number of fused-ring (bicyclic) bond motifs is 1. The number of methoxy groups -OCH3 is 1. The van der Waals surface area contributed by atoms with Crippen molar-refractivity contribution in [2.45, 2.75) is 19.4 Å². The number of benzene rings is 1. The fourth-order valence-corrected chi connectivity index (χ4v) is 3.27. The standard InChI is InChI=1S/C12H17NO4S/c1-9(16-2)8-18(14,15)13-11-4-3-5-12-10(11)6-7-17-12/h3-5,9,13H,6-8H2,1-2H3/t9-/m0/s1. The molecule has 0 saturated heterocycles. The summed E-state index contributed by atoms with van der Waals surface area (Å²) < 4.78 is 36.8. The van der Waals surface area contributed by atoms with Crippen LogP contribution in [0, 0.1) is 0 Å². The molecular weight excluding hydrogens is 254 g/mol. The fourth-order valence-electron chi connectivity index (χ4n) is 1.90. The molecule has 0 amide bonds. The van der Waals surface area contributed by atoms with E-state index in [1.165, 1.54) is 7.11 Å². The molecular formula is C12H17NO4S. The summed E-state index contributed by atoms with van der Waals surface area (Å²) in [4.78, 5) is 0. The lowest BCUT2D eigenvalue weighted by Crippen LogP contribution is -2.25. The van der Waals surface area contributed by atoms with Crippen molar-refractivity contribution in [3.63, 3.8) is 0 Å². The molecule has 6 heteroatoms. The molecule has 0 aliphatic carbocycles. The van der Waals surface area contributed by atoms with Crippen LogP contribution in [0.2, 0.25) is 0 Å². The summed E-state index contributed by atoms with van der Waals surface area (Å²) in [6.45, 7) is 2.32. The highest BCUT2D eigenvalue weighted by Gasteiger charge is 2.20. The smallest absolute Gasteiger partial charge is 0.235 e. The van der Waals surface area contributed by atoms with Crippen LogP contribution in [0.1, 0.15) is 12.5 Å². The molecule has 0 radical (unpaired) electrons. The second kappa shape index (κ2) is 5.16. The number of anilines is 1. The van der Waals surface area contributed by atoms with E-state index in [9.17, 15) is 8.42 Å². The Morgan fingerprint density at radius 2 is 2.28 bits per heavy atom. The van der Waals surface area contributed by atoms with Crippen molar-refractivity contribution in [3.05, 3.63) is 23.8 Å². The molecule has 2 rings (SSSR count). The third kappa shape index (κ3) is 2.94. The van der Waals surface area contributed by atoms with Gasteiger partial charge in [-0.2, -0.15) is 0 Å². The van der Waals surface area contributed by atoms with Gasteiger partial charge in [-0.1, -0.05) is 6.07 Å². The summed E-state index contributed by atoms with van der Waals surface area (Å²) in [5.74, 6) is 0.698. The molecule has 18 heavy (non-hydrogen) atoms. The van der Waals surface area contributed by atoms with E-state index in [-0.39, 0.29) is 11.9 Å². The summed E-state index contributed by atoms with van der Waals surface area (Å²) in [6.07, 6.45) is 0.393. The van der Waals surface area contributed by atoms with Gasteiger partial charge in [0.25, 0.3) is 0 Å². The zero-order chi connectivity index (χ0) is 13.2. The molecule has 0 fully saturated rings. The molecule has 1 aliphatic heterocycles. The van der Waals surface area contributed by atoms with Gasteiger partial charge in [-0.25, -0.2) is 8.42 Å². The lowest BCUT2D eigenvalue weighted by atomic mass is 10.1. The number of nitrogens with one attached hydrogen (secondary N) is 1. The highest BCUT2D eigenvalue weighted by atomic mass is 32.2. The van der Waals surface area contributed by atoms with E-state index in [2.05, 4.69) is 4.72 Å². The summed E-state index contributed by atoms with van der Waals surface area (Å²) in [5, 5.41) is 0. The average molecular weight is 271 g/mol. The van der Waals surface area contributed by atoms with Crippen molar-refractivity contribution in [1.82, 2.24) is 0 Å². The third-order valence-electron chi connectivity index (χ3n) is 2.86. The maximum absolute atomic E-state index is 11.9. The minimum absolute atomic E-state index is 0.0615. The van der Waals surface area contributed by atoms with Gasteiger partial charge in [-0.3, -0.25) is 4.72 Å². The van der Waals surface area contributed by atoms with E-state index in [0.29, 0.717) is 12.3 Å². The predicted molar refractivity (Wildman–Crippen MR) is 69.5 cm³/mol. The first kappa shape index (κ1) is 13.2. The van der Waals surface area contributed by atoms with Crippen LogP contribution < -0.4 is 9.46 Å². The summed E-state index contributed by atoms with van der Waals surface area (Å²) in [7, 11) is -1.90. The Hall–Kier alpha value is -1.27. The molecule has 0 aromatic heterocycles. The van der Waals surface area contributed by atoms with Crippen molar-refractivity contribution in [2.75, 3.05) is 24.2 Å². The molecule has 1 aliphatic rings. The largest absolute Gasteiger partial charge is 0.493 e. The predicted octanol–water partition coefficient (Wildman–Crippen LogP) is 1.40. The van der Waals surface area contributed by atoms with Crippen LogP contribution in [0.3, 0.4) is 0 Å². The minimum Gasteiger partial charge on any atom is -0.493 e. The van der Waals surface area contributed by atoms with Gasteiger partial charge >= 0.3 is 0 Å². The monoisotopic (exact) mass is 271 g/mol. The lowest BCUT2D eigenvalue weighted by molar-refractivity contribution is 0.136. The van der Waals surface area contributed by atoms with Crippen LogP contribution in [0.4, 0.5) is 5.69 Å². The molecule has 0 saturated carbocycles. The van der Waals surface area contributed by atoms with Crippen LogP contribution >= 0.6 is 0 Å². The van der Waals surface area contributed by atoms with Gasteiger partial charge in [0, 0.05) is 19.1 Å². The molecule has 1 atom stereocenters. The lowest BCUT2D eigenvalue weighted by Gasteiger charge is -2.13. The van der Waals surface area contributed by atoms with E-state index in [1.54, 1.807) is 19.1 Å². The molecule has 1 aromatic rings. The van der Waals surface area contributed by atoms with Crippen molar-refractivity contribution in [2.24, 2.45) is 0 Å². The molecule has 1 heterocycles. The average Bonchev–Trinajstić information content (AvgIpc) is 2.77. The van der Waals surface area contributed by atoms with Crippen LogP contribution in [0.25, 0.3) is 0 Å². The minimum atomic E-state index is -3.40. The Morgan fingerprint density at radius 3 is 3.00 bits per heavy atom. The Balaban J connectivity index is 2.17. The molecule has 0 spiro atoms. The summed E-state index contributed by atoms with van der Waals surface area (Å²) in [5.41, 5.74) is 1.53. The zero-order valence-corrected chi connectivity index (χ0v) is 11.3. The van der Waals surface area contributed by atoms with Crippen molar-refractivity contribution >= 4 is 15.7 Å². The quantitative estimate of drug-likeness (QED) is 0.879. The SMILES string of the molecule is CO[C@@H](C)CS(=O)(=O)Nc1cccc2c1CCO2. The Bertz CT molecular complexity index is 527. The first-order chi connectivity index (χ1) is 8.52. The molecule has 100 valence electrons. The van der Waals surface area contributed by atoms with Crippen molar-refractivity contribution < 1.29 is 17.9 Å². The summed E-state index contributed by atoms with van der Waals surface area (Å²) >= 11 is 0. The Kier molecular flexibility index (Phi) is 3.77. The van der Waals surface area contributed by atoms with E-state index >= 15 is 0 Å². The van der Waals surface area contributed by atoms with Gasteiger partial charge < -0.3 is 9.47 Å². The van der Waals surface area contributed by atoms with Gasteiger partial charge in [0.1, 0.15) is 5.75 Å². The van der Waals surface area contributed by atoms with Crippen molar-refractivity contribution in [3.8, 4) is 5.75 Å². The molecule has 1 N–H and O–H groups in total. The number of hydrogen-bond donors (Lipinski definition) is 1. The Labute approximate surface area is 107 Å². The maximum Gasteiger partial charge on any atom is 0.235 e. The van der Waals surface area contributed by atoms with E-state index in [4.69, 9.17) is 9.47 Å². The third-order valence-corrected chi connectivity index (χ3v) is 4.30. The first-order valence-electron chi connectivity index (χ1n) is 5.80. The van der Waals surface area contributed by atoms with Gasteiger partial charge in [0.2, 0.25) is 10.0 Å². The van der Waals surface area contributed by atoms with Gasteiger partial charge in [0.05, 0.1) is 24.2 Å². The van der Waals surface area contributed by atoms with Crippen LogP contribution in [0.15, 0.2) is 18.2 Å². The first-order valence-corrected chi connectivity index (χ1v) is 7.45. The van der Waals surface area contributed by atoms with Crippen LogP contribution in [0.5, 0.6) is 5.75 Å². The normalized spacial score (nSPS) is 15.9. The number of rotatable bonds is 5. The number of sulfonamides is 1. The maximum atomic E-state index is 11.9. The number of ether oxygens (including phenoxy) is 2. The fraction of sp³-hybridized carbons (Fsp3) is 0.500. The summed E-state index contributed by atoms with van der Waals surface area (Å²) in [6, 6.07) is 5.38. The second-order valence-corrected chi connectivity index (χ2v) is 6.08. The van der Waals surface area contributed by atoms with E-state index in [1.807, 2.05) is 6.07 Å². The second-order valence-electron chi connectivity index (χ2n) is 4.31. The van der Waals surface area contributed by atoms with Gasteiger partial charge in [-0.05, 0) is 19.1 Å². The highest BCUT2D eigenvalue weighted by Crippen LogP contribution is 2.32. The van der Waals surface area contributed by atoms with Gasteiger partial charge in [0.15, 0.2) is 0 Å². The van der Waals surface area contributed by atoms with Crippen molar-refractivity contribution in [1.29, 1.82) is 0 Å². The van der Waals surface area contributed by atoms with Crippen LogP contribution in [-0.2, 0) is 21.2 Å². The molecule has 5 nitrogen and oxygen atoms in total. The zero-order valence-electron chi connectivity index (χ0n) is 10.5. The molecule has 0 bridgehead atoms. The highest BCUT2D eigenvalue weighted by molar-refractivity contribution is 7.92. The topological polar surface area (TPSA) is 64.6 Å². The molecule has 1 aromatic carbocycles. The Morgan fingerprint density at radius 1 is 1.50 bits per heavy atom. The van der Waals surface area contributed by atoms with Crippen LogP contribution in [-0.4, -0.2) is 34.0 Å². The molecule has 0 unspecified atom stereocenters. The van der Waals surface area contributed by atoms with E-state index < -0.39 is 10.0 Å².